The molecule has 3 rings (SSSR count). The van der Waals surface area contributed by atoms with Crippen molar-refractivity contribution in [2.45, 2.75) is 6.18 Å². The lowest BCUT2D eigenvalue weighted by atomic mass is 10.1. The van der Waals surface area contributed by atoms with Crippen molar-refractivity contribution < 1.29 is 22.7 Å². The lowest BCUT2D eigenvalue weighted by Crippen LogP contribution is -2.48. The highest BCUT2D eigenvalue weighted by Crippen LogP contribution is 2.33. The van der Waals surface area contributed by atoms with Gasteiger partial charge in [0.2, 0.25) is 0 Å². The van der Waals surface area contributed by atoms with Crippen LogP contribution < -0.4 is 4.90 Å². The Morgan fingerprint density at radius 2 is 1.88 bits per heavy atom. The summed E-state index contributed by atoms with van der Waals surface area (Å²) in [4.78, 5) is 19.2. The maximum absolute atomic E-state index is 12.8. The molecule has 0 saturated carbocycles. The molecule has 0 radical (unpaired) electrons. The molecule has 2 aromatic rings. The van der Waals surface area contributed by atoms with Gasteiger partial charge in [-0.2, -0.15) is 13.2 Å². The summed E-state index contributed by atoms with van der Waals surface area (Å²) >= 11 is 0. The molecule has 1 aromatic carbocycles. The fourth-order valence-electron chi connectivity index (χ4n) is 2.84. The summed E-state index contributed by atoms with van der Waals surface area (Å²) in [6, 6.07) is 5.36. The second-order valence-corrected chi connectivity index (χ2v) is 5.50. The minimum Gasteiger partial charge on any atom is -0.453 e. The van der Waals surface area contributed by atoms with E-state index in [1.807, 2.05) is 4.90 Å². The molecular weight excluding hydrogens is 323 g/mol. The summed E-state index contributed by atoms with van der Waals surface area (Å²) in [7, 11) is 1.34. The lowest BCUT2D eigenvalue weighted by Gasteiger charge is -2.35. The molecule has 1 aromatic heterocycles. The number of aromatic nitrogens is 1. The predicted molar refractivity (Wildman–Crippen MR) is 82.9 cm³/mol. The van der Waals surface area contributed by atoms with E-state index in [0.29, 0.717) is 37.1 Å². The van der Waals surface area contributed by atoms with Crippen LogP contribution in [0, 0.1) is 0 Å². The Morgan fingerprint density at radius 3 is 2.50 bits per heavy atom. The van der Waals surface area contributed by atoms with Crippen molar-refractivity contribution in [2.75, 3.05) is 38.2 Å². The first-order chi connectivity index (χ1) is 11.4. The van der Waals surface area contributed by atoms with E-state index in [2.05, 4.69) is 4.98 Å². The number of carbonyl (C=O) groups excluding carboxylic acids is 1. The van der Waals surface area contributed by atoms with Crippen LogP contribution in [0.3, 0.4) is 0 Å². The molecule has 0 unspecified atom stereocenters. The number of carbonyl (C=O) groups is 1. The van der Waals surface area contributed by atoms with Gasteiger partial charge in [0.1, 0.15) is 0 Å². The Balaban J connectivity index is 1.87. The Labute approximate surface area is 136 Å². The predicted octanol–water partition coefficient (Wildman–Crippen LogP) is 3.14. The molecule has 8 heteroatoms. The zero-order chi connectivity index (χ0) is 17.3. The van der Waals surface area contributed by atoms with Gasteiger partial charge in [-0.1, -0.05) is 6.07 Å². The quantitative estimate of drug-likeness (QED) is 0.801. The molecule has 5 nitrogen and oxygen atoms in total. The third-order valence-electron chi connectivity index (χ3n) is 4.10. The molecule has 1 fully saturated rings. The van der Waals surface area contributed by atoms with Crippen LogP contribution in [0.15, 0.2) is 30.5 Å². The van der Waals surface area contributed by atoms with Crippen LogP contribution >= 0.6 is 0 Å². The molecular formula is C16H16F3N3O2. The zero-order valence-electron chi connectivity index (χ0n) is 13.0. The zero-order valence-corrected chi connectivity index (χ0v) is 13.0. The number of pyridine rings is 1. The van der Waals surface area contributed by atoms with Gasteiger partial charge in [0.05, 0.1) is 18.2 Å². The molecule has 0 spiro atoms. The average Bonchev–Trinajstić information content (AvgIpc) is 2.59. The van der Waals surface area contributed by atoms with E-state index < -0.39 is 11.7 Å². The van der Waals surface area contributed by atoms with Gasteiger partial charge in [-0.15, -0.1) is 0 Å². The molecule has 128 valence electrons. The third kappa shape index (κ3) is 3.08. The number of halogens is 3. The number of nitrogens with zero attached hydrogens (tertiary/aromatic N) is 3. The Kier molecular flexibility index (Phi) is 4.21. The van der Waals surface area contributed by atoms with Gasteiger partial charge in [0, 0.05) is 43.4 Å². The molecule has 24 heavy (non-hydrogen) atoms. The Hall–Kier alpha value is -2.51. The number of anilines is 1. The normalized spacial score (nSPS) is 15.7. The first-order valence-electron chi connectivity index (χ1n) is 7.44. The van der Waals surface area contributed by atoms with E-state index in [1.165, 1.54) is 19.4 Å². The number of amides is 1. The molecule has 0 N–H and O–H groups in total. The van der Waals surface area contributed by atoms with Crippen molar-refractivity contribution in [1.82, 2.24) is 9.88 Å². The molecule has 1 amide bonds. The molecule has 1 aliphatic rings. The highest BCUT2D eigenvalue weighted by Gasteiger charge is 2.31. The van der Waals surface area contributed by atoms with Crippen LogP contribution in [0.5, 0.6) is 0 Å². The number of hydrogen-bond acceptors (Lipinski definition) is 4. The first-order valence-corrected chi connectivity index (χ1v) is 7.44. The second-order valence-electron chi connectivity index (χ2n) is 5.50. The number of rotatable bonds is 1. The molecule has 1 aliphatic heterocycles. The van der Waals surface area contributed by atoms with Crippen LogP contribution in [0.4, 0.5) is 23.7 Å². The maximum Gasteiger partial charge on any atom is 0.416 e. The van der Waals surface area contributed by atoms with Gasteiger partial charge in [0.25, 0.3) is 0 Å². The number of alkyl halides is 3. The number of benzene rings is 1. The van der Waals surface area contributed by atoms with Gasteiger partial charge in [-0.05, 0) is 18.2 Å². The van der Waals surface area contributed by atoms with Gasteiger partial charge in [-0.3, -0.25) is 4.98 Å². The monoisotopic (exact) mass is 339 g/mol. The molecule has 2 heterocycles. The van der Waals surface area contributed by atoms with E-state index in [-0.39, 0.29) is 6.09 Å². The fraction of sp³-hybridized carbons (Fsp3) is 0.375. The molecule has 1 saturated heterocycles. The van der Waals surface area contributed by atoms with E-state index in [0.717, 1.165) is 17.8 Å². The van der Waals surface area contributed by atoms with E-state index in [9.17, 15) is 18.0 Å². The summed E-state index contributed by atoms with van der Waals surface area (Å²) in [5, 5.41) is 0.664. The number of fused-ring (bicyclic) bond motifs is 1. The largest absolute Gasteiger partial charge is 0.453 e. The van der Waals surface area contributed by atoms with Gasteiger partial charge in [0.15, 0.2) is 0 Å². The second kappa shape index (κ2) is 6.18. The molecule has 0 atom stereocenters. The minimum atomic E-state index is -4.39. The van der Waals surface area contributed by atoms with Crippen LogP contribution in [0.1, 0.15) is 5.56 Å². The topological polar surface area (TPSA) is 45.7 Å². The van der Waals surface area contributed by atoms with Crippen molar-refractivity contribution in [3.05, 3.63) is 36.0 Å². The maximum atomic E-state index is 12.8. The summed E-state index contributed by atoms with van der Waals surface area (Å²) in [6.07, 6.45) is -3.26. The van der Waals surface area contributed by atoms with Crippen LogP contribution in [-0.4, -0.2) is 49.3 Å². The number of hydrogen-bond donors (Lipinski definition) is 0. The molecule has 0 bridgehead atoms. The smallest absolute Gasteiger partial charge is 0.416 e. The first kappa shape index (κ1) is 16.4. The fourth-order valence-corrected chi connectivity index (χ4v) is 2.84. The number of ether oxygens (including phenoxy) is 1. The summed E-state index contributed by atoms with van der Waals surface area (Å²) in [6.45, 7) is 2.15. The Morgan fingerprint density at radius 1 is 1.17 bits per heavy atom. The third-order valence-corrected chi connectivity index (χ3v) is 4.10. The lowest BCUT2D eigenvalue weighted by molar-refractivity contribution is -0.137. The summed E-state index contributed by atoms with van der Waals surface area (Å²) in [5.74, 6) is 0. The van der Waals surface area contributed by atoms with Crippen molar-refractivity contribution in [1.29, 1.82) is 0 Å². The van der Waals surface area contributed by atoms with Crippen LogP contribution in [0.25, 0.3) is 10.9 Å². The van der Waals surface area contributed by atoms with Crippen molar-refractivity contribution in [3.63, 3.8) is 0 Å². The van der Waals surface area contributed by atoms with Gasteiger partial charge < -0.3 is 14.5 Å². The average molecular weight is 339 g/mol. The van der Waals surface area contributed by atoms with Crippen molar-refractivity contribution in [2.24, 2.45) is 0 Å². The standard InChI is InChI=1S/C16H16F3N3O2/c1-24-15(23)22-8-6-21(7-9-22)14-4-5-20-13-10-11(16(17,18)19)2-3-12(13)14/h2-5,10H,6-9H2,1H3. The van der Waals surface area contributed by atoms with Crippen molar-refractivity contribution in [3.8, 4) is 0 Å². The highest BCUT2D eigenvalue weighted by molar-refractivity contribution is 5.92. The number of piperazine rings is 1. The van der Waals surface area contributed by atoms with Gasteiger partial charge >= 0.3 is 12.3 Å². The summed E-state index contributed by atoms with van der Waals surface area (Å²) < 4.78 is 43.2. The van der Waals surface area contributed by atoms with Crippen molar-refractivity contribution >= 4 is 22.7 Å². The highest BCUT2D eigenvalue weighted by atomic mass is 19.4. The molecule has 0 aliphatic carbocycles. The van der Waals surface area contributed by atoms with Crippen LogP contribution in [-0.2, 0) is 10.9 Å². The van der Waals surface area contributed by atoms with Gasteiger partial charge in [-0.25, -0.2) is 4.79 Å². The summed E-state index contributed by atoms with van der Waals surface area (Å²) in [5.41, 5.74) is 0.408. The Bertz CT molecular complexity index is 756. The SMILES string of the molecule is COC(=O)N1CCN(c2ccnc3cc(C(F)(F)F)ccc23)CC1. The van der Waals surface area contributed by atoms with Crippen LogP contribution in [0.2, 0.25) is 0 Å². The van der Waals surface area contributed by atoms with E-state index in [4.69, 9.17) is 4.74 Å². The number of methoxy groups -OCH3 is 1. The van der Waals surface area contributed by atoms with E-state index >= 15 is 0 Å². The minimum absolute atomic E-state index is 0.303. The van der Waals surface area contributed by atoms with E-state index in [1.54, 1.807) is 11.0 Å².